The molecule has 3 aromatic rings. The standard InChI is InChI=1S/C22H25N5O2/c1-16(27-10-12-29-13-11-27)22-23-9-8-21(26-22)25-18-6-7-20(24-15-18)17-4-3-5-19(14-17)28-2/h3-9,14-16H,10-13H2,1-2H3,(H,23,25,26). The number of nitrogens with zero attached hydrogens (tertiary/aromatic N) is 4. The Bertz CT molecular complexity index is 942. The van der Waals surface area contributed by atoms with Crippen LogP contribution in [0.15, 0.2) is 54.9 Å². The summed E-state index contributed by atoms with van der Waals surface area (Å²) >= 11 is 0. The van der Waals surface area contributed by atoms with Gasteiger partial charge in [0, 0.05) is 24.8 Å². The van der Waals surface area contributed by atoms with E-state index in [1.165, 1.54) is 0 Å². The van der Waals surface area contributed by atoms with E-state index < -0.39 is 0 Å². The first-order chi connectivity index (χ1) is 14.2. The second kappa shape index (κ2) is 8.98. The lowest BCUT2D eigenvalue weighted by Gasteiger charge is -2.31. The van der Waals surface area contributed by atoms with Crippen molar-refractivity contribution in [2.24, 2.45) is 0 Å². The summed E-state index contributed by atoms with van der Waals surface area (Å²) in [5, 5.41) is 3.32. The number of anilines is 2. The van der Waals surface area contributed by atoms with Gasteiger partial charge in [-0.2, -0.15) is 0 Å². The summed E-state index contributed by atoms with van der Waals surface area (Å²) in [5.41, 5.74) is 2.78. The minimum absolute atomic E-state index is 0.147. The van der Waals surface area contributed by atoms with E-state index in [0.717, 1.165) is 60.6 Å². The first kappa shape index (κ1) is 19.3. The van der Waals surface area contributed by atoms with Gasteiger partial charge >= 0.3 is 0 Å². The van der Waals surface area contributed by atoms with E-state index in [4.69, 9.17) is 14.5 Å². The molecule has 0 bridgehead atoms. The molecule has 0 saturated carbocycles. The Balaban J connectivity index is 1.46. The van der Waals surface area contributed by atoms with Crippen LogP contribution in [0.3, 0.4) is 0 Å². The molecule has 1 N–H and O–H groups in total. The van der Waals surface area contributed by atoms with E-state index in [2.05, 4.69) is 27.1 Å². The van der Waals surface area contributed by atoms with Crippen molar-refractivity contribution in [3.8, 4) is 17.0 Å². The Labute approximate surface area is 170 Å². The molecular formula is C22H25N5O2. The van der Waals surface area contributed by atoms with Gasteiger partial charge in [-0.25, -0.2) is 9.97 Å². The lowest BCUT2D eigenvalue weighted by molar-refractivity contribution is 0.0182. The van der Waals surface area contributed by atoms with E-state index >= 15 is 0 Å². The van der Waals surface area contributed by atoms with Crippen LogP contribution in [-0.2, 0) is 4.74 Å². The van der Waals surface area contributed by atoms with E-state index in [-0.39, 0.29) is 6.04 Å². The van der Waals surface area contributed by atoms with Gasteiger partial charge in [0.2, 0.25) is 0 Å². The van der Waals surface area contributed by atoms with Crippen LogP contribution in [0.5, 0.6) is 5.75 Å². The minimum atomic E-state index is 0.147. The quantitative estimate of drug-likeness (QED) is 0.687. The van der Waals surface area contributed by atoms with Gasteiger partial charge in [0.25, 0.3) is 0 Å². The van der Waals surface area contributed by atoms with E-state index in [1.807, 2.05) is 48.7 Å². The average molecular weight is 391 g/mol. The van der Waals surface area contributed by atoms with Gasteiger partial charge in [-0.1, -0.05) is 12.1 Å². The van der Waals surface area contributed by atoms with Gasteiger partial charge in [0.15, 0.2) is 0 Å². The fraction of sp³-hybridized carbons (Fsp3) is 0.318. The number of aromatic nitrogens is 3. The number of pyridine rings is 1. The lowest BCUT2D eigenvalue weighted by Crippen LogP contribution is -2.38. The number of hydrogen-bond donors (Lipinski definition) is 1. The molecule has 1 fully saturated rings. The molecule has 7 heteroatoms. The Morgan fingerprint density at radius 2 is 1.97 bits per heavy atom. The Morgan fingerprint density at radius 3 is 2.72 bits per heavy atom. The van der Waals surface area contributed by atoms with Crippen molar-refractivity contribution in [1.29, 1.82) is 0 Å². The van der Waals surface area contributed by atoms with Gasteiger partial charge < -0.3 is 14.8 Å². The van der Waals surface area contributed by atoms with E-state index in [9.17, 15) is 0 Å². The monoisotopic (exact) mass is 391 g/mol. The molecule has 3 heterocycles. The molecule has 0 radical (unpaired) electrons. The molecule has 0 spiro atoms. The van der Waals surface area contributed by atoms with Gasteiger partial charge in [-0.15, -0.1) is 0 Å². The molecule has 0 aliphatic carbocycles. The SMILES string of the molecule is COc1cccc(-c2ccc(Nc3ccnc(C(C)N4CCOCC4)n3)cn2)c1. The van der Waals surface area contributed by atoms with Crippen molar-refractivity contribution in [1.82, 2.24) is 19.9 Å². The lowest BCUT2D eigenvalue weighted by atomic mass is 10.1. The van der Waals surface area contributed by atoms with Crippen LogP contribution in [0, 0.1) is 0 Å². The third-order valence-corrected chi connectivity index (χ3v) is 5.04. The maximum Gasteiger partial charge on any atom is 0.147 e. The number of rotatable bonds is 6. The second-order valence-corrected chi connectivity index (χ2v) is 6.91. The number of methoxy groups -OCH3 is 1. The van der Waals surface area contributed by atoms with Crippen LogP contribution in [-0.4, -0.2) is 53.3 Å². The predicted molar refractivity (Wildman–Crippen MR) is 112 cm³/mol. The molecule has 4 rings (SSSR count). The highest BCUT2D eigenvalue weighted by Gasteiger charge is 2.20. The fourth-order valence-corrected chi connectivity index (χ4v) is 3.34. The fourth-order valence-electron chi connectivity index (χ4n) is 3.34. The molecule has 1 saturated heterocycles. The molecule has 1 aromatic carbocycles. The van der Waals surface area contributed by atoms with Crippen LogP contribution in [0.2, 0.25) is 0 Å². The Kier molecular flexibility index (Phi) is 5.97. The van der Waals surface area contributed by atoms with Crippen LogP contribution < -0.4 is 10.1 Å². The molecular weight excluding hydrogens is 366 g/mol. The van der Waals surface area contributed by atoms with Crippen molar-refractivity contribution >= 4 is 11.5 Å². The second-order valence-electron chi connectivity index (χ2n) is 6.91. The first-order valence-electron chi connectivity index (χ1n) is 9.75. The van der Waals surface area contributed by atoms with Gasteiger partial charge in [-0.3, -0.25) is 9.88 Å². The van der Waals surface area contributed by atoms with E-state index in [0.29, 0.717) is 0 Å². The molecule has 7 nitrogen and oxygen atoms in total. The van der Waals surface area contributed by atoms with Gasteiger partial charge in [0.05, 0.1) is 43.9 Å². The third-order valence-electron chi connectivity index (χ3n) is 5.04. The number of benzene rings is 1. The molecule has 1 atom stereocenters. The van der Waals surface area contributed by atoms with Crippen molar-refractivity contribution in [3.05, 3.63) is 60.7 Å². The third kappa shape index (κ3) is 4.70. The zero-order valence-corrected chi connectivity index (χ0v) is 16.7. The number of morpholine rings is 1. The zero-order valence-electron chi connectivity index (χ0n) is 16.7. The van der Waals surface area contributed by atoms with Gasteiger partial charge in [0.1, 0.15) is 17.4 Å². The van der Waals surface area contributed by atoms with Crippen molar-refractivity contribution in [2.75, 3.05) is 38.7 Å². The van der Waals surface area contributed by atoms with Crippen molar-refractivity contribution in [3.63, 3.8) is 0 Å². The topological polar surface area (TPSA) is 72.4 Å². The maximum absolute atomic E-state index is 5.43. The maximum atomic E-state index is 5.43. The van der Waals surface area contributed by atoms with Crippen LogP contribution in [0.4, 0.5) is 11.5 Å². The summed E-state index contributed by atoms with van der Waals surface area (Å²) in [6, 6.07) is 13.9. The Hall–Kier alpha value is -3.03. The predicted octanol–water partition coefficient (Wildman–Crippen LogP) is 3.68. The summed E-state index contributed by atoms with van der Waals surface area (Å²) in [5.74, 6) is 2.37. The van der Waals surface area contributed by atoms with Crippen LogP contribution in [0.1, 0.15) is 18.8 Å². The highest BCUT2D eigenvalue weighted by atomic mass is 16.5. The van der Waals surface area contributed by atoms with Crippen LogP contribution >= 0.6 is 0 Å². The normalized spacial score (nSPS) is 15.7. The molecule has 2 aromatic heterocycles. The summed E-state index contributed by atoms with van der Waals surface area (Å²) in [7, 11) is 1.66. The number of ether oxygens (including phenoxy) is 2. The number of hydrogen-bond acceptors (Lipinski definition) is 7. The van der Waals surface area contributed by atoms with Crippen molar-refractivity contribution in [2.45, 2.75) is 13.0 Å². The summed E-state index contributed by atoms with van der Waals surface area (Å²) < 4.78 is 10.7. The largest absolute Gasteiger partial charge is 0.497 e. The molecule has 150 valence electrons. The average Bonchev–Trinajstić information content (AvgIpc) is 2.80. The van der Waals surface area contributed by atoms with Crippen LogP contribution in [0.25, 0.3) is 11.3 Å². The Morgan fingerprint density at radius 1 is 1.10 bits per heavy atom. The summed E-state index contributed by atoms with van der Waals surface area (Å²) in [6.07, 6.45) is 3.60. The van der Waals surface area contributed by atoms with Crippen molar-refractivity contribution < 1.29 is 9.47 Å². The summed E-state index contributed by atoms with van der Waals surface area (Å²) in [6.45, 7) is 5.45. The number of nitrogens with one attached hydrogen (secondary N) is 1. The molecule has 29 heavy (non-hydrogen) atoms. The highest BCUT2D eigenvalue weighted by molar-refractivity contribution is 5.64. The minimum Gasteiger partial charge on any atom is -0.497 e. The highest BCUT2D eigenvalue weighted by Crippen LogP contribution is 2.24. The molecule has 1 aliphatic rings. The first-order valence-corrected chi connectivity index (χ1v) is 9.75. The van der Waals surface area contributed by atoms with E-state index in [1.54, 1.807) is 13.3 Å². The summed E-state index contributed by atoms with van der Waals surface area (Å²) in [4.78, 5) is 16.1. The molecule has 0 amide bonds. The molecule has 1 unspecified atom stereocenters. The smallest absolute Gasteiger partial charge is 0.147 e. The molecule has 1 aliphatic heterocycles. The van der Waals surface area contributed by atoms with Gasteiger partial charge in [-0.05, 0) is 37.3 Å². The zero-order chi connectivity index (χ0) is 20.1.